The number of carbonyl (C=O) groups is 1. The second kappa shape index (κ2) is 6.33. The first kappa shape index (κ1) is 14.3. The van der Waals surface area contributed by atoms with Gasteiger partial charge < -0.3 is 5.11 Å². The number of rotatable bonds is 5. The summed E-state index contributed by atoms with van der Waals surface area (Å²) < 4.78 is 0. The van der Waals surface area contributed by atoms with Crippen molar-refractivity contribution in [3.63, 3.8) is 0 Å². The molecule has 1 N–H and O–H groups in total. The molecule has 1 atom stereocenters. The third-order valence-corrected chi connectivity index (χ3v) is 3.47. The third-order valence-electron chi connectivity index (χ3n) is 3.47. The molecule has 1 aromatic carbocycles. The van der Waals surface area contributed by atoms with Crippen molar-refractivity contribution in [2.24, 2.45) is 0 Å². The summed E-state index contributed by atoms with van der Waals surface area (Å²) in [4.78, 5) is 15.5. The molecule has 0 radical (unpaired) electrons. The van der Waals surface area contributed by atoms with Gasteiger partial charge >= 0.3 is 5.97 Å². The summed E-state index contributed by atoms with van der Waals surface area (Å²) in [5, 5.41) is 9.45. The van der Waals surface area contributed by atoms with Crippen LogP contribution in [-0.4, -0.2) is 16.1 Å². The van der Waals surface area contributed by atoms with Gasteiger partial charge in [-0.3, -0.25) is 9.78 Å². The zero-order valence-corrected chi connectivity index (χ0v) is 11.8. The lowest BCUT2D eigenvalue weighted by atomic mass is 9.91. The fourth-order valence-corrected chi connectivity index (χ4v) is 2.22. The molecule has 2 rings (SSSR count). The Hall–Kier alpha value is -2.16. The summed E-state index contributed by atoms with van der Waals surface area (Å²) in [6.45, 7) is 4.25. The Morgan fingerprint density at radius 2 is 1.80 bits per heavy atom. The number of hydrogen-bond acceptors (Lipinski definition) is 2. The van der Waals surface area contributed by atoms with E-state index in [1.54, 1.807) is 12.4 Å². The van der Waals surface area contributed by atoms with Crippen molar-refractivity contribution >= 4 is 5.97 Å². The van der Waals surface area contributed by atoms with Gasteiger partial charge in [0.2, 0.25) is 0 Å². The van der Waals surface area contributed by atoms with E-state index < -0.39 is 11.9 Å². The number of pyridine rings is 1. The molecule has 0 aliphatic heterocycles. The SMILES string of the molecule is CC(C)c1ccc(C(Cc2cccnc2)C(=O)O)cc1. The van der Waals surface area contributed by atoms with Crippen LogP contribution in [0.2, 0.25) is 0 Å². The largest absolute Gasteiger partial charge is 0.481 e. The Kier molecular flexibility index (Phi) is 4.51. The van der Waals surface area contributed by atoms with E-state index >= 15 is 0 Å². The minimum absolute atomic E-state index is 0.450. The Morgan fingerprint density at radius 3 is 2.30 bits per heavy atom. The molecule has 3 heteroatoms. The van der Waals surface area contributed by atoms with Gasteiger partial charge in [0.1, 0.15) is 0 Å². The van der Waals surface area contributed by atoms with E-state index in [0.29, 0.717) is 12.3 Å². The van der Waals surface area contributed by atoms with Gasteiger partial charge in [-0.2, -0.15) is 0 Å². The van der Waals surface area contributed by atoms with Crippen LogP contribution in [-0.2, 0) is 11.2 Å². The number of benzene rings is 1. The predicted octanol–water partition coefficient (Wildman–Crippen LogP) is 3.62. The Morgan fingerprint density at radius 1 is 1.15 bits per heavy atom. The van der Waals surface area contributed by atoms with Crippen molar-refractivity contribution in [1.82, 2.24) is 4.98 Å². The average molecular weight is 269 g/mol. The molecular weight excluding hydrogens is 250 g/mol. The molecule has 1 unspecified atom stereocenters. The minimum Gasteiger partial charge on any atom is -0.481 e. The van der Waals surface area contributed by atoms with Crippen molar-refractivity contribution in [1.29, 1.82) is 0 Å². The Labute approximate surface area is 119 Å². The molecule has 2 aromatic rings. The zero-order chi connectivity index (χ0) is 14.5. The fourth-order valence-electron chi connectivity index (χ4n) is 2.22. The number of hydrogen-bond donors (Lipinski definition) is 1. The maximum absolute atomic E-state index is 11.5. The second-order valence-corrected chi connectivity index (χ2v) is 5.28. The highest BCUT2D eigenvalue weighted by Crippen LogP contribution is 2.23. The normalized spacial score (nSPS) is 12.3. The monoisotopic (exact) mass is 269 g/mol. The van der Waals surface area contributed by atoms with Crippen molar-refractivity contribution in [2.75, 3.05) is 0 Å². The average Bonchev–Trinajstić information content (AvgIpc) is 2.45. The van der Waals surface area contributed by atoms with Gasteiger partial charge in [0, 0.05) is 12.4 Å². The number of nitrogens with zero attached hydrogens (tertiary/aromatic N) is 1. The summed E-state index contributed by atoms with van der Waals surface area (Å²) in [6.07, 6.45) is 3.87. The van der Waals surface area contributed by atoms with Crippen LogP contribution in [0.15, 0.2) is 48.8 Å². The molecule has 0 aliphatic carbocycles. The molecule has 0 aliphatic rings. The van der Waals surface area contributed by atoms with E-state index in [1.165, 1.54) is 5.56 Å². The first-order valence-corrected chi connectivity index (χ1v) is 6.79. The summed E-state index contributed by atoms with van der Waals surface area (Å²) in [6, 6.07) is 11.6. The highest BCUT2D eigenvalue weighted by molar-refractivity contribution is 5.76. The summed E-state index contributed by atoms with van der Waals surface area (Å²) in [5.41, 5.74) is 3.00. The van der Waals surface area contributed by atoms with Gasteiger partial charge in [0.05, 0.1) is 5.92 Å². The van der Waals surface area contributed by atoms with Crippen LogP contribution in [0.3, 0.4) is 0 Å². The Bertz CT molecular complexity index is 561. The molecule has 0 spiro atoms. The predicted molar refractivity (Wildman–Crippen MR) is 78.8 cm³/mol. The van der Waals surface area contributed by atoms with Crippen LogP contribution in [0.4, 0.5) is 0 Å². The molecule has 104 valence electrons. The maximum Gasteiger partial charge on any atom is 0.311 e. The van der Waals surface area contributed by atoms with Crippen molar-refractivity contribution in [3.05, 3.63) is 65.5 Å². The fraction of sp³-hybridized carbons (Fsp3) is 0.294. The van der Waals surface area contributed by atoms with Crippen LogP contribution in [0, 0.1) is 0 Å². The van der Waals surface area contributed by atoms with Crippen molar-refractivity contribution in [2.45, 2.75) is 32.1 Å². The van der Waals surface area contributed by atoms with E-state index in [2.05, 4.69) is 18.8 Å². The molecule has 0 amide bonds. The van der Waals surface area contributed by atoms with Gasteiger partial charge in [0.15, 0.2) is 0 Å². The van der Waals surface area contributed by atoms with Gasteiger partial charge in [-0.05, 0) is 35.1 Å². The van der Waals surface area contributed by atoms with Crippen LogP contribution >= 0.6 is 0 Å². The number of aromatic nitrogens is 1. The molecular formula is C17H19NO2. The Balaban J connectivity index is 2.22. The summed E-state index contributed by atoms with van der Waals surface area (Å²) in [7, 11) is 0. The van der Waals surface area contributed by atoms with E-state index in [1.807, 2.05) is 36.4 Å². The smallest absolute Gasteiger partial charge is 0.311 e. The first-order valence-electron chi connectivity index (χ1n) is 6.79. The highest BCUT2D eigenvalue weighted by Gasteiger charge is 2.20. The van der Waals surface area contributed by atoms with E-state index in [0.717, 1.165) is 11.1 Å². The quantitative estimate of drug-likeness (QED) is 0.902. The van der Waals surface area contributed by atoms with Gasteiger partial charge in [-0.15, -0.1) is 0 Å². The van der Waals surface area contributed by atoms with Crippen LogP contribution in [0.1, 0.15) is 42.4 Å². The first-order chi connectivity index (χ1) is 9.58. The van der Waals surface area contributed by atoms with Gasteiger partial charge in [-0.1, -0.05) is 44.2 Å². The standard InChI is InChI=1S/C17H19NO2/c1-12(2)14-5-7-15(8-6-14)16(17(19)20)10-13-4-3-9-18-11-13/h3-9,11-12,16H,10H2,1-2H3,(H,19,20). The summed E-state index contributed by atoms with van der Waals surface area (Å²) in [5.74, 6) is -0.878. The molecule has 0 saturated carbocycles. The minimum atomic E-state index is -0.800. The number of aliphatic carboxylic acids is 1. The zero-order valence-electron chi connectivity index (χ0n) is 11.8. The van der Waals surface area contributed by atoms with Crippen LogP contribution in [0.5, 0.6) is 0 Å². The topological polar surface area (TPSA) is 50.2 Å². The molecule has 20 heavy (non-hydrogen) atoms. The molecule has 1 heterocycles. The number of carboxylic acids is 1. The van der Waals surface area contributed by atoms with E-state index in [9.17, 15) is 9.90 Å². The van der Waals surface area contributed by atoms with Crippen LogP contribution in [0.25, 0.3) is 0 Å². The number of carboxylic acid groups (broad SMARTS) is 1. The van der Waals surface area contributed by atoms with Crippen LogP contribution < -0.4 is 0 Å². The highest BCUT2D eigenvalue weighted by atomic mass is 16.4. The molecule has 0 bridgehead atoms. The summed E-state index contributed by atoms with van der Waals surface area (Å²) >= 11 is 0. The molecule has 1 aromatic heterocycles. The molecule has 0 fully saturated rings. The van der Waals surface area contributed by atoms with E-state index in [4.69, 9.17) is 0 Å². The van der Waals surface area contributed by atoms with Gasteiger partial charge in [-0.25, -0.2) is 0 Å². The lowest BCUT2D eigenvalue weighted by Crippen LogP contribution is -2.14. The lowest BCUT2D eigenvalue weighted by molar-refractivity contribution is -0.138. The molecule has 3 nitrogen and oxygen atoms in total. The van der Waals surface area contributed by atoms with Gasteiger partial charge in [0.25, 0.3) is 0 Å². The lowest BCUT2D eigenvalue weighted by Gasteiger charge is -2.14. The van der Waals surface area contributed by atoms with E-state index in [-0.39, 0.29) is 0 Å². The van der Waals surface area contributed by atoms with Crippen molar-refractivity contribution in [3.8, 4) is 0 Å². The van der Waals surface area contributed by atoms with Crippen molar-refractivity contribution < 1.29 is 9.90 Å². The molecule has 0 saturated heterocycles. The second-order valence-electron chi connectivity index (χ2n) is 5.28. The third kappa shape index (κ3) is 3.44. The maximum atomic E-state index is 11.5.